The summed E-state index contributed by atoms with van der Waals surface area (Å²) in [5.74, 6) is 0.483. The second-order valence-electron chi connectivity index (χ2n) is 3.75. The zero-order valence-corrected chi connectivity index (χ0v) is 7.83. The summed E-state index contributed by atoms with van der Waals surface area (Å²) in [7, 11) is 0. The van der Waals surface area contributed by atoms with Crippen LogP contribution in [0.3, 0.4) is 0 Å². The number of benzene rings is 1. The van der Waals surface area contributed by atoms with E-state index in [9.17, 15) is 5.11 Å². The highest BCUT2D eigenvalue weighted by Crippen LogP contribution is 2.33. The molecule has 1 aliphatic rings. The summed E-state index contributed by atoms with van der Waals surface area (Å²) >= 11 is 0. The molecule has 0 fully saturated rings. The van der Waals surface area contributed by atoms with Gasteiger partial charge in [0.15, 0.2) is 0 Å². The summed E-state index contributed by atoms with van der Waals surface area (Å²) in [5.41, 5.74) is 2.58. The van der Waals surface area contributed by atoms with E-state index in [1.54, 1.807) is 0 Å². The van der Waals surface area contributed by atoms with Gasteiger partial charge in [0.05, 0.1) is 6.10 Å². The molecule has 1 aromatic carbocycles. The third-order valence-corrected chi connectivity index (χ3v) is 2.57. The lowest BCUT2D eigenvalue weighted by Crippen LogP contribution is -2.10. The molecule has 0 aliphatic carbocycles. The van der Waals surface area contributed by atoms with Crippen LogP contribution in [-0.2, 0) is 0 Å². The molecule has 2 heteroatoms. The van der Waals surface area contributed by atoms with Crippen molar-refractivity contribution in [3.8, 4) is 0 Å². The predicted octanol–water partition coefficient (Wildman–Crippen LogP) is 1.97. The first-order valence-electron chi connectivity index (χ1n) is 4.78. The zero-order valence-electron chi connectivity index (χ0n) is 7.83. The summed E-state index contributed by atoms with van der Waals surface area (Å²) in [5, 5.41) is 12.7. The number of hydrogen-bond acceptors (Lipinski definition) is 2. The number of anilines is 1. The van der Waals surface area contributed by atoms with Crippen LogP contribution < -0.4 is 5.32 Å². The van der Waals surface area contributed by atoms with Crippen molar-refractivity contribution < 1.29 is 5.11 Å². The fourth-order valence-corrected chi connectivity index (χ4v) is 1.98. The molecule has 1 heterocycles. The topological polar surface area (TPSA) is 32.3 Å². The molecule has 1 aliphatic heterocycles. The van der Waals surface area contributed by atoms with Crippen LogP contribution in [0.5, 0.6) is 0 Å². The van der Waals surface area contributed by atoms with Crippen molar-refractivity contribution in [2.75, 3.05) is 11.9 Å². The molecule has 2 nitrogen and oxygen atoms in total. The van der Waals surface area contributed by atoms with Crippen molar-refractivity contribution in [3.63, 3.8) is 0 Å². The third-order valence-electron chi connectivity index (χ3n) is 2.57. The Morgan fingerprint density at radius 1 is 1.54 bits per heavy atom. The quantitative estimate of drug-likeness (QED) is 0.723. The average Bonchev–Trinajstić information content (AvgIpc) is 2.48. The number of aliphatic hydroxyl groups is 1. The number of fused-ring (bicyclic) bond motifs is 1. The molecule has 2 unspecified atom stereocenters. The Hall–Kier alpha value is -1.02. The van der Waals surface area contributed by atoms with Crippen LogP contribution in [0.25, 0.3) is 0 Å². The number of aliphatic hydroxyl groups excluding tert-OH is 1. The first-order chi connectivity index (χ1) is 6.27. The number of nitrogens with one attached hydrogen (secondary N) is 1. The van der Waals surface area contributed by atoms with Crippen LogP contribution in [0.4, 0.5) is 5.69 Å². The van der Waals surface area contributed by atoms with Crippen molar-refractivity contribution >= 4 is 5.69 Å². The molecule has 0 amide bonds. The smallest absolute Gasteiger partial charge is 0.0518 e. The molecule has 13 heavy (non-hydrogen) atoms. The van der Waals surface area contributed by atoms with Gasteiger partial charge in [-0.1, -0.05) is 18.2 Å². The molecule has 0 saturated heterocycles. The maximum atomic E-state index is 9.31. The molecule has 2 atom stereocenters. The summed E-state index contributed by atoms with van der Waals surface area (Å²) in [6.45, 7) is 2.81. The summed E-state index contributed by atoms with van der Waals surface area (Å²) < 4.78 is 0. The Labute approximate surface area is 78.6 Å². The molecular weight excluding hydrogens is 162 g/mol. The molecule has 0 radical (unpaired) electrons. The lowest BCUT2D eigenvalue weighted by Gasteiger charge is -2.11. The van der Waals surface area contributed by atoms with Gasteiger partial charge in [-0.15, -0.1) is 0 Å². The van der Waals surface area contributed by atoms with E-state index in [1.807, 2.05) is 13.0 Å². The Morgan fingerprint density at radius 2 is 2.31 bits per heavy atom. The lowest BCUT2D eigenvalue weighted by atomic mass is 9.96. The molecule has 0 saturated carbocycles. The van der Waals surface area contributed by atoms with Gasteiger partial charge >= 0.3 is 0 Å². The number of rotatable bonds is 2. The first kappa shape index (κ1) is 8.57. The fourth-order valence-electron chi connectivity index (χ4n) is 1.98. The van der Waals surface area contributed by atoms with E-state index in [4.69, 9.17) is 0 Å². The molecule has 0 spiro atoms. The van der Waals surface area contributed by atoms with Crippen LogP contribution in [0.1, 0.15) is 24.8 Å². The van der Waals surface area contributed by atoms with Gasteiger partial charge in [-0.25, -0.2) is 0 Å². The number of hydrogen-bond donors (Lipinski definition) is 2. The zero-order chi connectivity index (χ0) is 9.26. The summed E-state index contributed by atoms with van der Waals surface area (Å²) in [6, 6.07) is 8.33. The normalized spacial score (nSPS) is 22.2. The fraction of sp³-hybridized carbons (Fsp3) is 0.455. The SMILES string of the molecule is CC(O)CC1CNc2ccccc21. The minimum Gasteiger partial charge on any atom is -0.393 e. The van der Waals surface area contributed by atoms with E-state index in [0.29, 0.717) is 5.92 Å². The Kier molecular flexibility index (Phi) is 2.23. The van der Waals surface area contributed by atoms with Gasteiger partial charge < -0.3 is 10.4 Å². The average molecular weight is 177 g/mol. The molecule has 2 rings (SSSR count). The van der Waals surface area contributed by atoms with Gasteiger partial charge in [-0.3, -0.25) is 0 Å². The Bertz CT molecular complexity index is 296. The molecular formula is C11H15NO. The molecule has 0 bridgehead atoms. The first-order valence-corrected chi connectivity index (χ1v) is 4.78. The van der Waals surface area contributed by atoms with Crippen molar-refractivity contribution in [1.82, 2.24) is 0 Å². The van der Waals surface area contributed by atoms with Gasteiger partial charge in [-0.2, -0.15) is 0 Å². The van der Waals surface area contributed by atoms with Crippen molar-refractivity contribution in [3.05, 3.63) is 29.8 Å². The highest BCUT2D eigenvalue weighted by atomic mass is 16.3. The molecule has 2 N–H and O–H groups in total. The van der Waals surface area contributed by atoms with Crippen molar-refractivity contribution in [2.24, 2.45) is 0 Å². The van der Waals surface area contributed by atoms with Gasteiger partial charge in [0.25, 0.3) is 0 Å². The summed E-state index contributed by atoms with van der Waals surface area (Å²) in [4.78, 5) is 0. The standard InChI is InChI=1S/C11H15NO/c1-8(13)6-9-7-12-11-5-3-2-4-10(9)11/h2-5,8-9,12-13H,6-7H2,1H3. The largest absolute Gasteiger partial charge is 0.393 e. The van der Waals surface area contributed by atoms with E-state index < -0.39 is 0 Å². The maximum Gasteiger partial charge on any atom is 0.0518 e. The van der Waals surface area contributed by atoms with Crippen molar-refractivity contribution in [1.29, 1.82) is 0 Å². The maximum absolute atomic E-state index is 9.31. The monoisotopic (exact) mass is 177 g/mol. The van der Waals surface area contributed by atoms with Gasteiger partial charge in [-0.05, 0) is 25.0 Å². The van der Waals surface area contributed by atoms with E-state index in [2.05, 4.69) is 23.5 Å². The van der Waals surface area contributed by atoms with Gasteiger partial charge in [0.2, 0.25) is 0 Å². The third kappa shape index (κ3) is 1.68. The second kappa shape index (κ2) is 3.38. The van der Waals surface area contributed by atoms with Crippen LogP contribution in [0.2, 0.25) is 0 Å². The highest BCUT2D eigenvalue weighted by Gasteiger charge is 2.22. The van der Waals surface area contributed by atoms with E-state index in [1.165, 1.54) is 11.3 Å². The van der Waals surface area contributed by atoms with E-state index >= 15 is 0 Å². The minimum atomic E-state index is -0.210. The van der Waals surface area contributed by atoms with Crippen LogP contribution in [0, 0.1) is 0 Å². The highest BCUT2D eigenvalue weighted by molar-refractivity contribution is 5.57. The summed E-state index contributed by atoms with van der Waals surface area (Å²) in [6.07, 6.45) is 0.641. The van der Waals surface area contributed by atoms with E-state index in [0.717, 1.165) is 13.0 Å². The molecule has 0 aromatic heterocycles. The van der Waals surface area contributed by atoms with Crippen LogP contribution in [-0.4, -0.2) is 17.8 Å². The van der Waals surface area contributed by atoms with Gasteiger partial charge in [0.1, 0.15) is 0 Å². The number of para-hydroxylation sites is 1. The molecule has 70 valence electrons. The van der Waals surface area contributed by atoms with Crippen LogP contribution >= 0.6 is 0 Å². The molecule has 1 aromatic rings. The van der Waals surface area contributed by atoms with Crippen LogP contribution in [0.15, 0.2) is 24.3 Å². The van der Waals surface area contributed by atoms with Gasteiger partial charge in [0, 0.05) is 18.2 Å². The Morgan fingerprint density at radius 3 is 3.08 bits per heavy atom. The minimum absolute atomic E-state index is 0.210. The second-order valence-corrected chi connectivity index (χ2v) is 3.75. The van der Waals surface area contributed by atoms with Crippen molar-refractivity contribution in [2.45, 2.75) is 25.4 Å². The Balaban J connectivity index is 2.18. The predicted molar refractivity (Wildman–Crippen MR) is 54.0 cm³/mol. The lowest BCUT2D eigenvalue weighted by molar-refractivity contribution is 0.176. The van der Waals surface area contributed by atoms with E-state index in [-0.39, 0.29) is 6.10 Å².